The summed E-state index contributed by atoms with van der Waals surface area (Å²) in [7, 11) is 4.28. The molecule has 0 bridgehead atoms. The Balaban J connectivity index is 2.76. The highest BCUT2D eigenvalue weighted by Crippen LogP contribution is 2.36. The van der Waals surface area contributed by atoms with Gasteiger partial charge in [-0.2, -0.15) is 0 Å². The molecule has 1 nitrogen and oxygen atoms in total. The predicted octanol–water partition coefficient (Wildman–Crippen LogP) is 3.68. The van der Waals surface area contributed by atoms with Crippen molar-refractivity contribution in [2.75, 3.05) is 31.3 Å². The van der Waals surface area contributed by atoms with E-state index >= 15 is 0 Å². The molecule has 0 saturated carbocycles. The Labute approximate surface area is 102 Å². The van der Waals surface area contributed by atoms with Crippen molar-refractivity contribution in [1.29, 1.82) is 0 Å². The van der Waals surface area contributed by atoms with Crippen LogP contribution < -0.4 is 10.2 Å². The lowest BCUT2D eigenvalue weighted by Crippen LogP contribution is -2.11. The Kier molecular flexibility index (Phi) is 5.84. The lowest BCUT2D eigenvalue weighted by Gasteiger charge is -2.18. The van der Waals surface area contributed by atoms with Gasteiger partial charge in [-0.1, -0.05) is 46.7 Å². The van der Waals surface area contributed by atoms with Gasteiger partial charge >= 0.3 is 0 Å². The molecule has 0 aliphatic heterocycles. The van der Waals surface area contributed by atoms with Gasteiger partial charge in [0.05, 0.1) is 0 Å². The van der Waals surface area contributed by atoms with E-state index in [1.54, 1.807) is 5.30 Å². The normalized spacial score (nSPS) is 10.8. The molecule has 0 saturated heterocycles. The first-order valence-corrected chi connectivity index (χ1v) is 7.92. The lowest BCUT2D eigenvalue weighted by molar-refractivity contribution is 1.06. The molecule has 1 rings (SSSR count). The topological polar surface area (TPSA) is 3.24 Å². The molecule has 90 valence electrons. The number of anilines is 1. The highest BCUT2D eigenvalue weighted by molar-refractivity contribution is 7.65. The maximum absolute atomic E-state index is 2.33. The summed E-state index contributed by atoms with van der Waals surface area (Å²) in [6.07, 6.45) is 5.37. The third-order valence-electron chi connectivity index (χ3n) is 2.72. The van der Waals surface area contributed by atoms with Crippen LogP contribution in [0, 0.1) is 0 Å². The van der Waals surface area contributed by atoms with Gasteiger partial charge in [-0.05, 0) is 29.8 Å². The summed E-state index contributed by atoms with van der Waals surface area (Å²) in [5.74, 6) is 0. The molecule has 0 atom stereocenters. The zero-order valence-corrected chi connectivity index (χ0v) is 11.9. The first kappa shape index (κ1) is 13.5. The minimum absolute atomic E-state index is 0.0939. The monoisotopic (exact) mass is 237 g/mol. The molecule has 0 amide bonds. The minimum Gasteiger partial charge on any atom is -0.378 e. The zero-order valence-electron chi connectivity index (χ0n) is 11.0. The van der Waals surface area contributed by atoms with Gasteiger partial charge in [0, 0.05) is 19.8 Å². The minimum atomic E-state index is 0.0939. The van der Waals surface area contributed by atoms with Crippen LogP contribution in [0.1, 0.15) is 26.7 Å². The second-order valence-electron chi connectivity index (χ2n) is 4.40. The van der Waals surface area contributed by atoms with Gasteiger partial charge < -0.3 is 4.90 Å². The number of hydrogen-bond donors (Lipinski definition) is 0. The van der Waals surface area contributed by atoms with Crippen LogP contribution in [0.4, 0.5) is 5.69 Å². The molecule has 1 aromatic rings. The Hall–Kier alpha value is -0.550. The number of nitrogens with zero attached hydrogens (tertiary/aromatic N) is 1. The van der Waals surface area contributed by atoms with Crippen molar-refractivity contribution >= 4 is 18.9 Å². The van der Waals surface area contributed by atoms with Gasteiger partial charge in [-0.25, -0.2) is 0 Å². The van der Waals surface area contributed by atoms with Crippen LogP contribution in [0.2, 0.25) is 0 Å². The SMILES string of the molecule is CCCP(CCC)c1ccc(N(C)C)cc1. The zero-order chi connectivity index (χ0) is 12.0. The predicted molar refractivity (Wildman–Crippen MR) is 77.6 cm³/mol. The van der Waals surface area contributed by atoms with Crippen molar-refractivity contribution in [1.82, 2.24) is 0 Å². The van der Waals surface area contributed by atoms with E-state index < -0.39 is 0 Å². The third-order valence-corrected chi connectivity index (χ3v) is 5.72. The van der Waals surface area contributed by atoms with Crippen molar-refractivity contribution in [3.63, 3.8) is 0 Å². The summed E-state index contributed by atoms with van der Waals surface area (Å²) in [6, 6.07) is 9.14. The summed E-state index contributed by atoms with van der Waals surface area (Å²) in [5, 5.41) is 1.57. The molecule has 1 aromatic carbocycles. The Morgan fingerprint density at radius 3 is 1.81 bits per heavy atom. The third kappa shape index (κ3) is 3.79. The molecular formula is C14H24NP. The quantitative estimate of drug-likeness (QED) is 0.682. The van der Waals surface area contributed by atoms with Gasteiger partial charge in [0.2, 0.25) is 0 Å². The molecule has 0 aromatic heterocycles. The fraction of sp³-hybridized carbons (Fsp3) is 0.571. The average Bonchev–Trinajstić information content (AvgIpc) is 2.29. The first-order chi connectivity index (χ1) is 7.69. The molecule has 0 aliphatic carbocycles. The van der Waals surface area contributed by atoms with Gasteiger partial charge in [0.1, 0.15) is 0 Å². The Morgan fingerprint density at radius 1 is 0.938 bits per heavy atom. The molecule has 0 radical (unpaired) electrons. The van der Waals surface area contributed by atoms with Crippen molar-refractivity contribution in [3.8, 4) is 0 Å². The van der Waals surface area contributed by atoms with E-state index in [0.717, 1.165) is 0 Å². The maximum Gasteiger partial charge on any atom is 0.0361 e. The molecular weight excluding hydrogens is 213 g/mol. The summed E-state index contributed by atoms with van der Waals surface area (Å²) < 4.78 is 0. The molecule has 0 aliphatic rings. The molecule has 0 fully saturated rings. The molecule has 16 heavy (non-hydrogen) atoms. The van der Waals surface area contributed by atoms with Crippen LogP contribution in [-0.2, 0) is 0 Å². The second-order valence-corrected chi connectivity index (χ2v) is 6.89. The maximum atomic E-state index is 2.33. The van der Waals surface area contributed by atoms with Crippen LogP contribution in [0.15, 0.2) is 24.3 Å². The number of hydrogen-bond acceptors (Lipinski definition) is 1. The fourth-order valence-electron chi connectivity index (χ4n) is 1.87. The molecule has 0 heterocycles. The van der Waals surface area contributed by atoms with Gasteiger partial charge in [-0.3, -0.25) is 0 Å². The first-order valence-electron chi connectivity index (χ1n) is 6.21. The molecule has 2 heteroatoms. The number of rotatable bonds is 6. The molecule has 0 unspecified atom stereocenters. The van der Waals surface area contributed by atoms with Crippen LogP contribution >= 0.6 is 7.92 Å². The van der Waals surface area contributed by atoms with Crippen LogP contribution in [0.25, 0.3) is 0 Å². The van der Waals surface area contributed by atoms with Gasteiger partial charge in [0.15, 0.2) is 0 Å². The van der Waals surface area contributed by atoms with Crippen molar-refractivity contribution < 1.29 is 0 Å². The van der Waals surface area contributed by atoms with Crippen molar-refractivity contribution in [2.24, 2.45) is 0 Å². The van der Waals surface area contributed by atoms with Gasteiger partial charge in [-0.15, -0.1) is 0 Å². The largest absolute Gasteiger partial charge is 0.378 e. The second kappa shape index (κ2) is 6.91. The molecule has 0 N–H and O–H groups in total. The van der Waals surface area contributed by atoms with Crippen molar-refractivity contribution in [3.05, 3.63) is 24.3 Å². The number of benzene rings is 1. The van der Waals surface area contributed by atoms with Crippen LogP contribution in [0.5, 0.6) is 0 Å². The molecule has 0 spiro atoms. The highest BCUT2D eigenvalue weighted by atomic mass is 31.1. The van der Waals surface area contributed by atoms with Crippen molar-refractivity contribution in [2.45, 2.75) is 26.7 Å². The highest BCUT2D eigenvalue weighted by Gasteiger charge is 2.08. The van der Waals surface area contributed by atoms with Gasteiger partial charge in [0.25, 0.3) is 0 Å². The smallest absolute Gasteiger partial charge is 0.0361 e. The summed E-state index contributed by atoms with van der Waals surface area (Å²) in [6.45, 7) is 4.58. The van der Waals surface area contributed by atoms with E-state index in [9.17, 15) is 0 Å². The Bertz CT molecular complexity index is 286. The summed E-state index contributed by atoms with van der Waals surface area (Å²) >= 11 is 0. The standard InChI is InChI=1S/C14H24NP/c1-5-11-16(12-6-2)14-9-7-13(8-10-14)15(3)4/h7-10H,5-6,11-12H2,1-4H3. The van der Waals surface area contributed by atoms with E-state index in [-0.39, 0.29) is 7.92 Å². The van der Waals surface area contributed by atoms with Crippen LogP contribution in [0.3, 0.4) is 0 Å². The fourth-order valence-corrected chi connectivity index (χ4v) is 4.26. The Morgan fingerprint density at radius 2 is 1.44 bits per heavy atom. The van der Waals surface area contributed by atoms with E-state index in [2.05, 4.69) is 57.1 Å². The average molecular weight is 237 g/mol. The van der Waals surface area contributed by atoms with Crippen LogP contribution in [-0.4, -0.2) is 26.4 Å². The van der Waals surface area contributed by atoms with E-state index in [1.165, 1.54) is 30.9 Å². The summed E-state index contributed by atoms with van der Waals surface area (Å²) in [4.78, 5) is 2.16. The summed E-state index contributed by atoms with van der Waals surface area (Å²) in [5.41, 5.74) is 1.30. The van der Waals surface area contributed by atoms with E-state index in [1.807, 2.05) is 0 Å². The van der Waals surface area contributed by atoms with E-state index in [4.69, 9.17) is 0 Å². The lowest BCUT2D eigenvalue weighted by atomic mass is 10.3. The van der Waals surface area contributed by atoms with E-state index in [0.29, 0.717) is 0 Å².